The van der Waals surface area contributed by atoms with Crippen LogP contribution in [0.5, 0.6) is 17.4 Å². The van der Waals surface area contributed by atoms with Gasteiger partial charge in [-0.15, -0.1) is 5.10 Å². The van der Waals surface area contributed by atoms with Crippen molar-refractivity contribution in [2.24, 2.45) is 0 Å². The number of nitrogens with zero attached hydrogens (tertiary/aromatic N) is 4. The van der Waals surface area contributed by atoms with Gasteiger partial charge in [0.25, 0.3) is 5.88 Å². The molecule has 1 fully saturated rings. The number of ether oxygens (including phenoxy) is 2. The number of aromatic nitrogens is 5. The molecular formula is C19H17N5O4. The third-order valence-electron chi connectivity index (χ3n) is 4.21. The van der Waals surface area contributed by atoms with Crippen LogP contribution in [0.15, 0.2) is 24.4 Å². The summed E-state index contributed by atoms with van der Waals surface area (Å²) >= 11 is 0. The zero-order valence-electron chi connectivity index (χ0n) is 15.3. The van der Waals surface area contributed by atoms with Crippen LogP contribution in [-0.4, -0.2) is 43.1 Å². The maximum Gasteiger partial charge on any atom is 0.362 e. The van der Waals surface area contributed by atoms with Gasteiger partial charge in [0.2, 0.25) is 5.69 Å². The fraction of sp³-hybridized carbons (Fsp3) is 0.263. The highest BCUT2D eigenvalue weighted by atomic mass is 16.5. The summed E-state index contributed by atoms with van der Waals surface area (Å²) in [5, 5.41) is 18.5. The first-order valence-corrected chi connectivity index (χ1v) is 8.63. The summed E-state index contributed by atoms with van der Waals surface area (Å²) in [5.41, 5.74) is 1.21. The van der Waals surface area contributed by atoms with Crippen LogP contribution in [0.25, 0.3) is 0 Å². The number of aryl methyl sites for hydroxylation is 1. The Labute approximate surface area is 160 Å². The normalized spacial score (nSPS) is 12.9. The molecule has 0 aliphatic heterocycles. The zero-order chi connectivity index (χ0) is 19.7. The Hall–Kier alpha value is -3.80. The van der Waals surface area contributed by atoms with Crippen molar-refractivity contribution in [3.63, 3.8) is 0 Å². The molecule has 1 aromatic carbocycles. The molecule has 1 saturated carbocycles. The molecule has 0 saturated heterocycles. The Morgan fingerprint density at radius 3 is 2.89 bits per heavy atom. The molecule has 0 spiro atoms. The maximum absolute atomic E-state index is 11.1. The first kappa shape index (κ1) is 17.6. The van der Waals surface area contributed by atoms with Crippen LogP contribution in [-0.2, 0) is 0 Å². The molecule has 0 unspecified atom stereocenters. The average Bonchev–Trinajstić information content (AvgIpc) is 3.30. The van der Waals surface area contributed by atoms with Crippen molar-refractivity contribution in [2.45, 2.75) is 25.8 Å². The van der Waals surface area contributed by atoms with Crippen molar-refractivity contribution in [1.82, 2.24) is 25.0 Å². The molecule has 4 rings (SSSR count). The van der Waals surface area contributed by atoms with Gasteiger partial charge >= 0.3 is 5.97 Å². The van der Waals surface area contributed by atoms with E-state index < -0.39 is 5.97 Å². The van der Waals surface area contributed by atoms with Crippen LogP contribution in [0, 0.1) is 18.8 Å². The van der Waals surface area contributed by atoms with E-state index in [0.29, 0.717) is 28.9 Å². The van der Waals surface area contributed by atoms with Gasteiger partial charge in [-0.1, -0.05) is 11.1 Å². The molecule has 3 aromatic rings. The number of benzene rings is 1. The van der Waals surface area contributed by atoms with Crippen molar-refractivity contribution in [2.75, 3.05) is 7.11 Å². The van der Waals surface area contributed by atoms with Gasteiger partial charge in [0, 0.05) is 18.3 Å². The molecule has 1 aliphatic rings. The van der Waals surface area contributed by atoms with E-state index in [-0.39, 0.29) is 11.6 Å². The van der Waals surface area contributed by atoms with Gasteiger partial charge in [0.1, 0.15) is 11.5 Å². The van der Waals surface area contributed by atoms with E-state index in [4.69, 9.17) is 14.6 Å². The highest BCUT2D eigenvalue weighted by Crippen LogP contribution is 2.36. The predicted molar refractivity (Wildman–Crippen MR) is 97.6 cm³/mol. The number of H-pyrrole nitrogens is 1. The molecule has 0 bridgehead atoms. The van der Waals surface area contributed by atoms with Gasteiger partial charge in [0.15, 0.2) is 5.82 Å². The van der Waals surface area contributed by atoms with E-state index in [1.165, 1.54) is 0 Å². The van der Waals surface area contributed by atoms with E-state index in [1.807, 2.05) is 13.1 Å². The number of nitrogens with one attached hydrogen (secondary N) is 1. The zero-order valence-corrected chi connectivity index (χ0v) is 15.3. The fourth-order valence-electron chi connectivity index (χ4n) is 2.76. The fourth-order valence-corrected chi connectivity index (χ4v) is 2.76. The number of aromatic carboxylic acids is 1. The topological polar surface area (TPSA) is 115 Å². The summed E-state index contributed by atoms with van der Waals surface area (Å²) in [5.74, 6) is 6.54. The monoisotopic (exact) mass is 379 g/mol. The van der Waals surface area contributed by atoms with Crippen LogP contribution >= 0.6 is 0 Å². The average molecular weight is 379 g/mol. The minimum atomic E-state index is -1.24. The number of imidazole rings is 1. The minimum Gasteiger partial charge on any atom is -0.495 e. The number of carboxylic acid groups (broad SMARTS) is 1. The highest BCUT2D eigenvalue weighted by Gasteiger charge is 2.25. The Balaban J connectivity index is 1.65. The van der Waals surface area contributed by atoms with Gasteiger partial charge < -0.3 is 19.1 Å². The second kappa shape index (κ2) is 7.08. The number of rotatable bonds is 5. The smallest absolute Gasteiger partial charge is 0.362 e. The van der Waals surface area contributed by atoms with Crippen molar-refractivity contribution in [3.05, 3.63) is 47.2 Å². The number of methoxy groups -OCH3 is 1. The maximum atomic E-state index is 11.1. The molecule has 0 atom stereocenters. The van der Waals surface area contributed by atoms with Gasteiger partial charge in [-0.3, -0.25) is 0 Å². The summed E-state index contributed by atoms with van der Waals surface area (Å²) in [6.07, 6.45) is 4.29. The largest absolute Gasteiger partial charge is 0.495 e. The third kappa shape index (κ3) is 3.53. The molecule has 142 valence electrons. The third-order valence-corrected chi connectivity index (χ3v) is 4.21. The van der Waals surface area contributed by atoms with Crippen LogP contribution in [0.1, 0.15) is 46.5 Å². The molecule has 1 aliphatic carbocycles. The first-order chi connectivity index (χ1) is 13.5. The van der Waals surface area contributed by atoms with Crippen molar-refractivity contribution >= 4 is 5.97 Å². The molecule has 0 radical (unpaired) electrons. The molecular weight excluding hydrogens is 362 g/mol. The van der Waals surface area contributed by atoms with Gasteiger partial charge in [-0.25, -0.2) is 14.9 Å². The number of hydrogen-bond acceptors (Lipinski definition) is 6. The van der Waals surface area contributed by atoms with Crippen molar-refractivity contribution < 1.29 is 19.4 Å². The summed E-state index contributed by atoms with van der Waals surface area (Å²) in [6.45, 7) is 1.94. The number of aromatic amines is 1. The Bertz CT molecular complexity index is 1100. The second-order valence-corrected chi connectivity index (χ2v) is 6.35. The summed E-state index contributed by atoms with van der Waals surface area (Å²) < 4.78 is 13.0. The van der Waals surface area contributed by atoms with Crippen molar-refractivity contribution in [1.29, 1.82) is 0 Å². The number of carbonyl (C=O) groups is 1. The first-order valence-electron chi connectivity index (χ1n) is 8.63. The van der Waals surface area contributed by atoms with E-state index in [0.717, 1.165) is 18.5 Å². The summed E-state index contributed by atoms with van der Waals surface area (Å²) in [4.78, 5) is 15.6. The summed E-state index contributed by atoms with van der Waals surface area (Å²) in [7, 11) is 1.55. The SMILES string of the molecule is COc1ccc(Oc2[nH]nnc2C(=O)O)cc1C#Cc1nc(C)cn1C1CC1. The lowest BCUT2D eigenvalue weighted by Gasteiger charge is -2.07. The van der Waals surface area contributed by atoms with E-state index >= 15 is 0 Å². The molecule has 9 nitrogen and oxygen atoms in total. The van der Waals surface area contributed by atoms with Gasteiger partial charge in [-0.05, 0) is 37.8 Å². The quantitative estimate of drug-likeness (QED) is 0.655. The lowest BCUT2D eigenvalue weighted by Crippen LogP contribution is -2.00. The lowest BCUT2D eigenvalue weighted by atomic mass is 10.2. The van der Waals surface area contributed by atoms with Crippen LogP contribution in [0.2, 0.25) is 0 Å². The Kier molecular flexibility index (Phi) is 4.45. The Morgan fingerprint density at radius 1 is 1.36 bits per heavy atom. The summed E-state index contributed by atoms with van der Waals surface area (Å²) in [6, 6.07) is 5.48. The second-order valence-electron chi connectivity index (χ2n) is 6.35. The number of carboxylic acids is 1. The molecule has 2 N–H and O–H groups in total. The minimum absolute atomic E-state index is 0.0588. The molecule has 0 amide bonds. The van der Waals surface area contributed by atoms with E-state index in [2.05, 4.69) is 36.8 Å². The molecule has 9 heteroatoms. The molecule has 2 aromatic heterocycles. The van der Waals surface area contributed by atoms with Gasteiger partial charge in [-0.2, -0.15) is 0 Å². The van der Waals surface area contributed by atoms with Crippen LogP contribution < -0.4 is 9.47 Å². The van der Waals surface area contributed by atoms with Crippen molar-refractivity contribution in [3.8, 4) is 29.2 Å². The van der Waals surface area contributed by atoms with E-state index in [9.17, 15) is 4.79 Å². The van der Waals surface area contributed by atoms with E-state index in [1.54, 1.807) is 25.3 Å². The van der Waals surface area contributed by atoms with Gasteiger partial charge in [0.05, 0.1) is 18.4 Å². The predicted octanol–water partition coefficient (Wildman–Crippen LogP) is 2.54. The highest BCUT2D eigenvalue weighted by molar-refractivity contribution is 5.87. The standard InChI is InChI=1S/C19H17N5O4/c1-11-10-24(13-4-5-13)16(20-11)8-3-12-9-14(6-7-15(12)27-2)28-18-17(19(25)26)21-23-22-18/h6-7,9-10,13H,4-5H2,1-2H3,(H,25,26)(H,21,22,23). The lowest BCUT2D eigenvalue weighted by molar-refractivity contribution is 0.0687. The van der Waals surface area contributed by atoms with Crippen LogP contribution in [0.3, 0.4) is 0 Å². The molecule has 28 heavy (non-hydrogen) atoms. The Morgan fingerprint density at radius 2 is 2.18 bits per heavy atom. The van der Waals surface area contributed by atoms with Crippen LogP contribution in [0.4, 0.5) is 0 Å². The molecule has 2 heterocycles. The number of hydrogen-bond donors (Lipinski definition) is 2.